The van der Waals surface area contributed by atoms with Gasteiger partial charge in [-0.15, -0.1) is 0 Å². The topological polar surface area (TPSA) is 49.8 Å². The molecular formula is C17H10Cl2INO3S2. The maximum Gasteiger partial charge on any atom is 0.270 e. The Morgan fingerprint density at radius 2 is 2.00 bits per heavy atom. The van der Waals surface area contributed by atoms with Gasteiger partial charge in [0.25, 0.3) is 5.91 Å². The molecule has 0 unspecified atom stereocenters. The molecule has 1 aliphatic rings. The number of phenols is 1. The molecule has 0 atom stereocenters. The number of methoxy groups -OCH3 is 1. The molecule has 26 heavy (non-hydrogen) atoms. The zero-order chi connectivity index (χ0) is 19.0. The van der Waals surface area contributed by atoms with Gasteiger partial charge in [-0.25, -0.2) is 0 Å². The predicted molar refractivity (Wildman–Crippen MR) is 119 cm³/mol. The lowest BCUT2D eigenvalue weighted by Gasteiger charge is -2.15. The molecule has 1 saturated heterocycles. The van der Waals surface area contributed by atoms with Crippen LogP contribution in [-0.4, -0.2) is 22.4 Å². The van der Waals surface area contributed by atoms with Crippen molar-refractivity contribution in [1.29, 1.82) is 0 Å². The highest BCUT2D eigenvalue weighted by Crippen LogP contribution is 2.39. The van der Waals surface area contributed by atoms with E-state index in [-0.39, 0.29) is 11.7 Å². The number of rotatable bonds is 3. The van der Waals surface area contributed by atoms with Gasteiger partial charge < -0.3 is 9.84 Å². The molecule has 1 aliphatic heterocycles. The highest BCUT2D eigenvalue weighted by molar-refractivity contribution is 14.1. The molecule has 1 amide bonds. The van der Waals surface area contributed by atoms with E-state index in [9.17, 15) is 9.90 Å². The van der Waals surface area contributed by atoms with Gasteiger partial charge in [0.05, 0.1) is 31.3 Å². The number of phenolic OH excluding ortho intramolecular Hbond substituents is 1. The van der Waals surface area contributed by atoms with Crippen molar-refractivity contribution in [2.75, 3.05) is 12.0 Å². The third kappa shape index (κ3) is 3.82. The second-order valence-corrected chi connectivity index (χ2v) is 8.82. The molecule has 2 aromatic rings. The van der Waals surface area contributed by atoms with Crippen molar-refractivity contribution in [2.24, 2.45) is 0 Å². The lowest BCUT2D eigenvalue weighted by atomic mass is 10.2. The van der Waals surface area contributed by atoms with Gasteiger partial charge in [0.15, 0.2) is 15.8 Å². The van der Waals surface area contributed by atoms with Crippen LogP contribution in [0.1, 0.15) is 5.56 Å². The van der Waals surface area contributed by atoms with E-state index in [1.165, 1.54) is 23.8 Å². The monoisotopic (exact) mass is 537 g/mol. The highest BCUT2D eigenvalue weighted by Gasteiger charge is 2.33. The van der Waals surface area contributed by atoms with Crippen molar-refractivity contribution in [3.63, 3.8) is 0 Å². The lowest BCUT2D eigenvalue weighted by Crippen LogP contribution is -2.27. The first-order valence-electron chi connectivity index (χ1n) is 7.11. The van der Waals surface area contributed by atoms with Crippen LogP contribution < -0.4 is 9.64 Å². The Morgan fingerprint density at radius 1 is 1.27 bits per heavy atom. The van der Waals surface area contributed by atoms with Crippen molar-refractivity contribution in [2.45, 2.75) is 0 Å². The van der Waals surface area contributed by atoms with Crippen molar-refractivity contribution < 1.29 is 14.6 Å². The van der Waals surface area contributed by atoms with Gasteiger partial charge in [0.2, 0.25) is 0 Å². The standard InChI is InChI=1S/C17H10Cl2INO3S2/c1-24-13-5-8(4-12(20)15(13)22)6-14-16(23)21(17(25)26-14)9-2-3-10(18)11(19)7-9/h2-7,22H,1H3/b14-6-. The summed E-state index contributed by atoms with van der Waals surface area (Å²) in [6.45, 7) is 0. The summed E-state index contributed by atoms with van der Waals surface area (Å²) in [5, 5.41) is 10.7. The Morgan fingerprint density at radius 3 is 2.65 bits per heavy atom. The Labute approximate surface area is 183 Å². The fourth-order valence-corrected chi connectivity index (χ4v) is 4.52. The summed E-state index contributed by atoms with van der Waals surface area (Å²) >= 11 is 20.5. The Balaban J connectivity index is 1.97. The van der Waals surface area contributed by atoms with E-state index in [0.29, 0.717) is 34.3 Å². The molecule has 0 aromatic heterocycles. The van der Waals surface area contributed by atoms with E-state index in [2.05, 4.69) is 0 Å². The maximum absolute atomic E-state index is 12.8. The van der Waals surface area contributed by atoms with Gasteiger partial charge in [-0.1, -0.05) is 47.2 Å². The molecule has 1 fully saturated rings. The fraction of sp³-hybridized carbons (Fsp3) is 0.0588. The zero-order valence-electron chi connectivity index (χ0n) is 13.1. The van der Waals surface area contributed by atoms with Gasteiger partial charge in [0, 0.05) is 0 Å². The number of ether oxygens (including phenoxy) is 1. The van der Waals surface area contributed by atoms with E-state index in [1.54, 1.807) is 36.4 Å². The molecule has 134 valence electrons. The van der Waals surface area contributed by atoms with E-state index < -0.39 is 0 Å². The van der Waals surface area contributed by atoms with Crippen LogP contribution in [0.4, 0.5) is 5.69 Å². The number of aromatic hydroxyl groups is 1. The quantitative estimate of drug-likeness (QED) is 0.308. The summed E-state index contributed by atoms with van der Waals surface area (Å²) < 4.78 is 6.18. The largest absolute Gasteiger partial charge is 0.504 e. The molecule has 9 heteroatoms. The summed E-state index contributed by atoms with van der Waals surface area (Å²) in [6.07, 6.45) is 1.71. The molecule has 2 aromatic carbocycles. The molecule has 0 spiro atoms. The van der Waals surface area contributed by atoms with Crippen molar-refractivity contribution in [1.82, 2.24) is 0 Å². The summed E-state index contributed by atoms with van der Waals surface area (Å²) in [5.74, 6) is 0.150. The average molecular weight is 538 g/mol. The highest BCUT2D eigenvalue weighted by atomic mass is 127. The Hall–Kier alpha value is -1.00. The van der Waals surface area contributed by atoms with Crippen molar-refractivity contribution >= 4 is 91.8 Å². The second-order valence-electron chi connectivity index (χ2n) is 5.17. The van der Waals surface area contributed by atoms with Crippen LogP contribution in [0.2, 0.25) is 10.0 Å². The number of hydrogen-bond acceptors (Lipinski definition) is 5. The van der Waals surface area contributed by atoms with Crippen LogP contribution >= 0.6 is 69.8 Å². The minimum absolute atomic E-state index is 0.0635. The molecule has 0 saturated carbocycles. The summed E-state index contributed by atoms with van der Waals surface area (Å²) in [6, 6.07) is 8.32. The van der Waals surface area contributed by atoms with Crippen LogP contribution in [0.5, 0.6) is 11.5 Å². The minimum atomic E-state index is -0.250. The minimum Gasteiger partial charge on any atom is -0.504 e. The van der Waals surface area contributed by atoms with Crippen LogP contribution in [0.15, 0.2) is 35.2 Å². The third-order valence-electron chi connectivity index (χ3n) is 3.52. The van der Waals surface area contributed by atoms with Crippen molar-refractivity contribution in [3.05, 3.63) is 54.4 Å². The van der Waals surface area contributed by atoms with Crippen LogP contribution in [-0.2, 0) is 4.79 Å². The van der Waals surface area contributed by atoms with Gasteiger partial charge in [-0.3, -0.25) is 9.69 Å². The fourth-order valence-electron chi connectivity index (χ4n) is 2.30. The number of anilines is 1. The molecule has 0 radical (unpaired) electrons. The molecule has 4 nitrogen and oxygen atoms in total. The Bertz CT molecular complexity index is 965. The number of thioether (sulfide) groups is 1. The molecular weight excluding hydrogens is 528 g/mol. The molecule has 0 bridgehead atoms. The number of benzene rings is 2. The number of carbonyl (C=O) groups is 1. The summed E-state index contributed by atoms with van der Waals surface area (Å²) in [4.78, 5) is 14.7. The van der Waals surface area contributed by atoms with Crippen LogP contribution in [0.25, 0.3) is 6.08 Å². The van der Waals surface area contributed by atoms with E-state index in [0.717, 1.165) is 5.56 Å². The van der Waals surface area contributed by atoms with Gasteiger partial charge >= 0.3 is 0 Å². The number of halogens is 3. The van der Waals surface area contributed by atoms with Gasteiger partial charge in [-0.2, -0.15) is 0 Å². The van der Waals surface area contributed by atoms with E-state index >= 15 is 0 Å². The molecule has 1 heterocycles. The number of hydrogen-bond donors (Lipinski definition) is 1. The van der Waals surface area contributed by atoms with Crippen molar-refractivity contribution in [3.8, 4) is 11.5 Å². The zero-order valence-corrected chi connectivity index (χ0v) is 18.4. The number of amides is 1. The number of carbonyl (C=O) groups excluding carboxylic acids is 1. The third-order valence-corrected chi connectivity index (χ3v) is 6.39. The average Bonchev–Trinajstić information content (AvgIpc) is 2.87. The predicted octanol–water partition coefficient (Wildman–Crippen LogP) is 5.72. The summed E-state index contributed by atoms with van der Waals surface area (Å²) in [7, 11) is 1.47. The summed E-state index contributed by atoms with van der Waals surface area (Å²) in [5.41, 5.74) is 1.28. The number of nitrogens with zero attached hydrogens (tertiary/aromatic N) is 1. The Kier molecular flexibility index (Phi) is 6.03. The lowest BCUT2D eigenvalue weighted by molar-refractivity contribution is -0.113. The number of thiocarbonyl (C=S) groups is 1. The van der Waals surface area contributed by atoms with Gasteiger partial charge in [0.1, 0.15) is 0 Å². The first kappa shape index (κ1) is 19.8. The van der Waals surface area contributed by atoms with Crippen LogP contribution in [0.3, 0.4) is 0 Å². The smallest absolute Gasteiger partial charge is 0.270 e. The second kappa shape index (κ2) is 7.93. The van der Waals surface area contributed by atoms with E-state index in [1.807, 2.05) is 22.6 Å². The van der Waals surface area contributed by atoms with Crippen LogP contribution in [0, 0.1) is 3.57 Å². The molecule has 0 aliphatic carbocycles. The van der Waals surface area contributed by atoms with E-state index in [4.69, 9.17) is 40.2 Å². The first-order chi connectivity index (χ1) is 12.3. The SMILES string of the molecule is COc1cc(/C=C2\SC(=S)N(c3ccc(Cl)c(Cl)c3)C2=O)cc(I)c1O. The normalized spacial score (nSPS) is 15.8. The first-order valence-corrected chi connectivity index (χ1v) is 10.2. The molecule has 1 N–H and O–H groups in total. The molecule has 3 rings (SSSR count). The maximum atomic E-state index is 12.8. The van der Waals surface area contributed by atoms with Gasteiger partial charge in [-0.05, 0) is 64.6 Å².